The molecule has 0 spiro atoms. The summed E-state index contributed by atoms with van der Waals surface area (Å²) in [7, 11) is -3.67. The first-order valence-corrected chi connectivity index (χ1v) is 15.9. The van der Waals surface area contributed by atoms with Crippen molar-refractivity contribution in [1.82, 2.24) is 0 Å². The fraction of sp³-hybridized carbons (Fsp3) is 0.613. The molecular formula is C31H49O8P. The standard InChI is InChI=1S/C31H49O8P/c1-27(2)30(32)35-22-16-9-5-7-11-18-24-37-40(34,39-26-29-20-14-13-15-21-29)38-25-19-12-8-6-10-17-23-36-31(33)28(3)4/h13-15,20-21H,1,3,5-12,16-19,22-26H2,2,4H3. The highest BCUT2D eigenvalue weighted by atomic mass is 31.2. The van der Waals surface area contributed by atoms with Gasteiger partial charge in [-0.25, -0.2) is 14.2 Å². The molecule has 0 aromatic heterocycles. The maximum Gasteiger partial charge on any atom is 0.475 e. The molecule has 0 bridgehead atoms. The second-order valence-corrected chi connectivity index (χ2v) is 11.6. The lowest BCUT2D eigenvalue weighted by molar-refractivity contribution is -0.139. The van der Waals surface area contributed by atoms with Crippen LogP contribution in [0.3, 0.4) is 0 Å². The molecule has 0 N–H and O–H groups in total. The first-order chi connectivity index (χ1) is 19.2. The number of hydrogen-bond donors (Lipinski definition) is 0. The van der Waals surface area contributed by atoms with Crippen molar-refractivity contribution in [2.75, 3.05) is 26.4 Å². The smallest absolute Gasteiger partial charge is 0.462 e. The highest BCUT2D eigenvalue weighted by Crippen LogP contribution is 2.50. The van der Waals surface area contributed by atoms with Crippen LogP contribution in [0.5, 0.6) is 0 Å². The third kappa shape index (κ3) is 18.9. The molecule has 0 aliphatic heterocycles. The van der Waals surface area contributed by atoms with E-state index in [4.69, 9.17) is 23.0 Å². The Labute approximate surface area is 241 Å². The molecule has 0 heterocycles. The first kappa shape index (κ1) is 35.8. The Bertz CT molecular complexity index is 865. The number of phosphoric acid groups is 1. The molecular weight excluding hydrogens is 531 g/mol. The quantitative estimate of drug-likeness (QED) is 0.0493. The molecule has 9 heteroatoms. The summed E-state index contributed by atoms with van der Waals surface area (Å²) < 4.78 is 40.4. The number of hydrogen-bond acceptors (Lipinski definition) is 8. The van der Waals surface area contributed by atoms with Gasteiger partial charge in [0.05, 0.1) is 33.0 Å². The lowest BCUT2D eigenvalue weighted by Gasteiger charge is -2.18. The Hall–Kier alpha value is -2.25. The van der Waals surface area contributed by atoms with Gasteiger partial charge in [-0.2, -0.15) is 0 Å². The number of unbranched alkanes of at least 4 members (excludes halogenated alkanes) is 10. The first-order valence-electron chi connectivity index (χ1n) is 14.5. The summed E-state index contributed by atoms with van der Waals surface area (Å²) in [6, 6.07) is 9.53. The lowest BCUT2D eigenvalue weighted by atomic mass is 10.1. The van der Waals surface area contributed by atoms with Gasteiger partial charge in [0.1, 0.15) is 0 Å². The van der Waals surface area contributed by atoms with Crippen LogP contribution >= 0.6 is 7.82 Å². The molecule has 0 radical (unpaired) electrons. The van der Waals surface area contributed by atoms with E-state index >= 15 is 0 Å². The average molecular weight is 581 g/mol. The van der Waals surface area contributed by atoms with Gasteiger partial charge in [-0.3, -0.25) is 13.6 Å². The van der Waals surface area contributed by atoms with Crippen molar-refractivity contribution < 1.29 is 37.2 Å². The monoisotopic (exact) mass is 580 g/mol. The zero-order chi connectivity index (χ0) is 29.5. The van der Waals surface area contributed by atoms with Crippen LogP contribution in [0.25, 0.3) is 0 Å². The van der Waals surface area contributed by atoms with E-state index in [9.17, 15) is 14.2 Å². The number of phosphoric ester groups is 1. The highest BCUT2D eigenvalue weighted by molar-refractivity contribution is 7.48. The molecule has 226 valence electrons. The number of ether oxygens (including phenoxy) is 2. The van der Waals surface area contributed by atoms with Crippen molar-refractivity contribution in [3.05, 3.63) is 60.2 Å². The van der Waals surface area contributed by atoms with Gasteiger partial charge >= 0.3 is 19.8 Å². The summed E-state index contributed by atoms with van der Waals surface area (Å²) in [6.45, 7) is 12.0. The second-order valence-electron chi connectivity index (χ2n) is 9.95. The van der Waals surface area contributed by atoms with Crippen LogP contribution in [0.4, 0.5) is 0 Å². The molecule has 0 unspecified atom stereocenters. The van der Waals surface area contributed by atoms with Crippen LogP contribution < -0.4 is 0 Å². The Morgan fingerprint density at radius 1 is 0.600 bits per heavy atom. The van der Waals surface area contributed by atoms with Crippen molar-refractivity contribution in [2.45, 2.75) is 97.5 Å². The Balaban J connectivity index is 2.23. The molecule has 1 rings (SSSR count). The molecule has 0 fully saturated rings. The Kier molecular flexibility index (Phi) is 20.1. The van der Waals surface area contributed by atoms with Crippen LogP contribution in [0.1, 0.15) is 96.5 Å². The fourth-order valence-corrected chi connectivity index (χ4v) is 4.83. The minimum atomic E-state index is -3.67. The third-order valence-electron chi connectivity index (χ3n) is 5.97. The van der Waals surface area contributed by atoms with E-state index in [1.54, 1.807) is 13.8 Å². The topological polar surface area (TPSA) is 97.4 Å². The van der Waals surface area contributed by atoms with E-state index in [-0.39, 0.29) is 18.5 Å². The largest absolute Gasteiger partial charge is 0.475 e. The summed E-state index contributed by atoms with van der Waals surface area (Å²) in [5, 5.41) is 0. The van der Waals surface area contributed by atoms with Crippen LogP contribution in [-0.4, -0.2) is 38.4 Å². The van der Waals surface area contributed by atoms with E-state index in [0.29, 0.717) is 37.6 Å². The summed E-state index contributed by atoms with van der Waals surface area (Å²) in [5.74, 6) is -0.678. The summed E-state index contributed by atoms with van der Waals surface area (Å²) in [6.07, 6.45) is 11.1. The molecule has 40 heavy (non-hydrogen) atoms. The zero-order valence-corrected chi connectivity index (χ0v) is 25.4. The molecule has 0 amide bonds. The normalized spacial score (nSPS) is 11.2. The maximum absolute atomic E-state index is 13.2. The van der Waals surface area contributed by atoms with Crippen molar-refractivity contribution in [3.8, 4) is 0 Å². The van der Waals surface area contributed by atoms with E-state index in [2.05, 4.69) is 13.2 Å². The minimum Gasteiger partial charge on any atom is -0.462 e. The Morgan fingerprint density at radius 3 is 1.38 bits per heavy atom. The molecule has 0 saturated carbocycles. The van der Waals surface area contributed by atoms with Gasteiger partial charge in [-0.1, -0.05) is 94.9 Å². The number of benzene rings is 1. The second kappa shape index (κ2) is 22.4. The van der Waals surface area contributed by atoms with Crippen LogP contribution in [-0.2, 0) is 43.8 Å². The predicted octanol–water partition coefficient (Wildman–Crippen LogP) is 8.26. The van der Waals surface area contributed by atoms with Crippen molar-refractivity contribution >= 4 is 19.8 Å². The third-order valence-corrected chi connectivity index (χ3v) is 7.41. The summed E-state index contributed by atoms with van der Waals surface area (Å²) >= 11 is 0. The van der Waals surface area contributed by atoms with E-state index in [1.807, 2.05) is 30.3 Å². The van der Waals surface area contributed by atoms with Gasteiger partial charge in [0.15, 0.2) is 0 Å². The number of carbonyl (C=O) groups excluding carboxylic acids is 2. The number of esters is 2. The highest BCUT2D eigenvalue weighted by Gasteiger charge is 2.26. The van der Waals surface area contributed by atoms with E-state index in [1.165, 1.54) is 0 Å². The number of carbonyl (C=O) groups is 2. The van der Waals surface area contributed by atoms with Crippen LogP contribution in [0, 0.1) is 0 Å². The molecule has 0 saturated heterocycles. The molecule has 0 aliphatic carbocycles. The molecule has 0 aliphatic rings. The average Bonchev–Trinajstić information content (AvgIpc) is 2.94. The molecule has 1 aromatic rings. The predicted molar refractivity (Wildman–Crippen MR) is 158 cm³/mol. The Morgan fingerprint density at radius 2 is 0.975 bits per heavy atom. The molecule has 0 atom stereocenters. The SMILES string of the molecule is C=C(C)C(=O)OCCCCCCCCOP(=O)(OCCCCCCCCOC(=O)C(=C)C)OCc1ccccc1. The van der Waals surface area contributed by atoms with E-state index in [0.717, 1.165) is 82.6 Å². The molecule has 1 aromatic carbocycles. The minimum absolute atomic E-state index is 0.157. The zero-order valence-electron chi connectivity index (χ0n) is 24.5. The lowest BCUT2D eigenvalue weighted by Crippen LogP contribution is -2.06. The van der Waals surface area contributed by atoms with Crippen molar-refractivity contribution in [1.29, 1.82) is 0 Å². The van der Waals surface area contributed by atoms with Crippen molar-refractivity contribution in [3.63, 3.8) is 0 Å². The van der Waals surface area contributed by atoms with Gasteiger partial charge in [0.25, 0.3) is 0 Å². The van der Waals surface area contributed by atoms with E-state index < -0.39 is 7.82 Å². The van der Waals surface area contributed by atoms with Crippen LogP contribution in [0.2, 0.25) is 0 Å². The van der Waals surface area contributed by atoms with Gasteiger partial charge in [0.2, 0.25) is 0 Å². The number of rotatable bonds is 25. The van der Waals surface area contributed by atoms with Gasteiger partial charge in [-0.05, 0) is 45.1 Å². The van der Waals surface area contributed by atoms with Gasteiger partial charge in [0, 0.05) is 11.1 Å². The van der Waals surface area contributed by atoms with Crippen molar-refractivity contribution in [2.24, 2.45) is 0 Å². The van der Waals surface area contributed by atoms with Gasteiger partial charge < -0.3 is 9.47 Å². The van der Waals surface area contributed by atoms with Gasteiger partial charge in [-0.15, -0.1) is 0 Å². The molecule has 8 nitrogen and oxygen atoms in total. The summed E-state index contributed by atoms with van der Waals surface area (Å²) in [5.41, 5.74) is 1.74. The maximum atomic E-state index is 13.2. The summed E-state index contributed by atoms with van der Waals surface area (Å²) in [4.78, 5) is 22.7. The van der Waals surface area contributed by atoms with Crippen LogP contribution in [0.15, 0.2) is 54.6 Å². The fourth-order valence-electron chi connectivity index (χ4n) is 3.59.